The molecule has 0 aliphatic carbocycles. The fraction of sp³-hybridized carbons (Fsp3) is 0.526. The van der Waals surface area contributed by atoms with Crippen molar-refractivity contribution in [1.82, 2.24) is 10.2 Å². The van der Waals surface area contributed by atoms with Gasteiger partial charge in [0.05, 0.1) is 6.10 Å². The molecule has 2 rings (SSSR count). The van der Waals surface area contributed by atoms with Gasteiger partial charge in [-0.1, -0.05) is 30.3 Å². The number of nitrogens with zero attached hydrogens (tertiary/aromatic N) is 1. The average molecular weight is 441 g/mol. The number of phosphoric ester groups is 1. The fourth-order valence-corrected chi connectivity index (χ4v) is 4.06. The minimum absolute atomic E-state index is 0.112. The van der Waals surface area contributed by atoms with E-state index in [1.807, 2.05) is 30.3 Å². The summed E-state index contributed by atoms with van der Waals surface area (Å²) in [5.74, 6) is -1.79. The number of carbonyl (C=O) groups excluding carboxylic acids is 3. The van der Waals surface area contributed by atoms with Crippen LogP contribution in [0, 0.1) is 0 Å². The van der Waals surface area contributed by atoms with Gasteiger partial charge in [-0.15, -0.1) is 0 Å². The molecule has 166 valence electrons. The largest absolute Gasteiger partial charge is 0.469 e. The molecule has 3 atom stereocenters. The predicted molar refractivity (Wildman–Crippen MR) is 108 cm³/mol. The number of amides is 3. The second-order valence-electron chi connectivity index (χ2n) is 7.28. The first-order chi connectivity index (χ1) is 14.1. The van der Waals surface area contributed by atoms with Gasteiger partial charge in [0.15, 0.2) is 0 Å². The lowest BCUT2D eigenvalue weighted by molar-refractivity contribution is -0.142. The van der Waals surface area contributed by atoms with Gasteiger partial charge in [-0.3, -0.25) is 18.9 Å². The van der Waals surface area contributed by atoms with Gasteiger partial charge in [-0.2, -0.15) is 0 Å². The lowest BCUT2D eigenvalue weighted by Crippen LogP contribution is -2.56. The highest BCUT2D eigenvalue weighted by Gasteiger charge is 2.40. The van der Waals surface area contributed by atoms with Gasteiger partial charge in [-0.05, 0) is 38.2 Å². The molecule has 1 aromatic rings. The molecule has 1 saturated heterocycles. The van der Waals surface area contributed by atoms with E-state index in [-0.39, 0.29) is 13.0 Å². The van der Waals surface area contributed by atoms with Crippen LogP contribution in [0.15, 0.2) is 30.3 Å². The number of phosphoric acid groups is 1. The molecule has 1 aromatic carbocycles. The number of nitrogens with two attached hydrogens (primary N) is 1. The van der Waals surface area contributed by atoms with Crippen molar-refractivity contribution in [2.75, 3.05) is 6.54 Å². The number of likely N-dealkylation sites (tertiary alicyclic amines) is 1. The van der Waals surface area contributed by atoms with Gasteiger partial charge in [-0.25, -0.2) is 4.57 Å². The van der Waals surface area contributed by atoms with Crippen molar-refractivity contribution in [2.24, 2.45) is 5.73 Å². The van der Waals surface area contributed by atoms with Crippen molar-refractivity contribution in [1.29, 1.82) is 0 Å². The molecule has 30 heavy (non-hydrogen) atoms. The zero-order valence-electron chi connectivity index (χ0n) is 16.8. The van der Waals surface area contributed by atoms with E-state index in [4.69, 9.17) is 15.5 Å². The minimum atomic E-state index is -4.90. The first kappa shape index (κ1) is 24.0. The van der Waals surface area contributed by atoms with Crippen LogP contribution in [0.5, 0.6) is 0 Å². The summed E-state index contributed by atoms with van der Waals surface area (Å²) in [6, 6.07) is 7.40. The summed E-state index contributed by atoms with van der Waals surface area (Å²) >= 11 is 0. The normalized spacial score (nSPS) is 18.6. The first-order valence-electron chi connectivity index (χ1n) is 9.75. The van der Waals surface area contributed by atoms with E-state index in [1.54, 1.807) is 0 Å². The molecule has 0 aromatic heterocycles. The Hall–Kier alpha value is -2.26. The van der Waals surface area contributed by atoms with Crippen LogP contribution in [0.1, 0.15) is 38.2 Å². The number of rotatable bonds is 10. The molecule has 1 aliphatic rings. The van der Waals surface area contributed by atoms with Crippen LogP contribution in [-0.2, 0) is 29.9 Å². The van der Waals surface area contributed by atoms with Crippen LogP contribution in [0.4, 0.5) is 0 Å². The van der Waals surface area contributed by atoms with Crippen LogP contribution in [0.3, 0.4) is 0 Å². The van der Waals surface area contributed by atoms with Gasteiger partial charge >= 0.3 is 7.82 Å². The zero-order chi connectivity index (χ0) is 22.3. The molecular weight excluding hydrogens is 413 g/mol. The van der Waals surface area contributed by atoms with Gasteiger partial charge in [0.2, 0.25) is 17.7 Å². The summed E-state index contributed by atoms with van der Waals surface area (Å²) in [7, 11) is -4.90. The standard InChI is InChI=1S/C19H28N3O7P/c1-13(29-30(26,27)28)17(19(25)22-12-6-10-15(22)18(20)24)21-16(23)11-5-9-14-7-3-2-4-8-14/h2-4,7-8,13,15,17H,5-6,9-12H2,1H3,(H2,20,24)(H,21,23)(H2,26,27,28)/t13-,15+,17+/m1/s1. The zero-order valence-corrected chi connectivity index (χ0v) is 17.7. The summed E-state index contributed by atoms with van der Waals surface area (Å²) in [6.07, 6.45) is 0.943. The molecule has 0 radical (unpaired) electrons. The highest BCUT2D eigenvalue weighted by Crippen LogP contribution is 2.38. The Morgan fingerprint density at radius 3 is 2.57 bits per heavy atom. The second kappa shape index (κ2) is 10.7. The number of benzene rings is 1. The Bertz CT molecular complexity index is 799. The molecule has 5 N–H and O–H groups in total. The van der Waals surface area contributed by atoms with Crippen molar-refractivity contribution in [2.45, 2.75) is 57.2 Å². The molecular formula is C19H28N3O7P. The smallest absolute Gasteiger partial charge is 0.368 e. The monoisotopic (exact) mass is 441 g/mol. The molecule has 0 unspecified atom stereocenters. The number of primary amides is 1. The quantitative estimate of drug-likeness (QED) is 0.384. The molecule has 0 bridgehead atoms. The fourth-order valence-electron chi connectivity index (χ4n) is 3.51. The maximum absolute atomic E-state index is 13.0. The van der Waals surface area contributed by atoms with Gasteiger partial charge in [0.1, 0.15) is 12.1 Å². The Morgan fingerprint density at radius 2 is 1.97 bits per heavy atom. The second-order valence-corrected chi connectivity index (χ2v) is 8.47. The highest BCUT2D eigenvalue weighted by molar-refractivity contribution is 7.46. The molecule has 0 saturated carbocycles. The maximum Gasteiger partial charge on any atom is 0.469 e. The van der Waals surface area contributed by atoms with Crippen LogP contribution in [0.2, 0.25) is 0 Å². The van der Waals surface area contributed by atoms with Crippen LogP contribution >= 0.6 is 7.82 Å². The Morgan fingerprint density at radius 1 is 1.30 bits per heavy atom. The number of nitrogens with one attached hydrogen (secondary N) is 1. The summed E-state index contributed by atoms with van der Waals surface area (Å²) in [5, 5.41) is 2.51. The summed E-state index contributed by atoms with van der Waals surface area (Å²) in [6.45, 7) is 1.54. The Labute approximate surface area is 175 Å². The topological polar surface area (TPSA) is 159 Å². The third kappa shape index (κ3) is 7.21. The summed E-state index contributed by atoms with van der Waals surface area (Å²) in [4.78, 5) is 56.5. The van der Waals surface area contributed by atoms with Gasteiger partial charge in [0, 0.05) is 13.0 Å². The van der Waals surface area contributed by atoms with Crippen molar-refractivity contribution in [3.63, 3.8) is 0 Å². The van der Waals surface area contributed by atoms with Gasteiger partial charge in [0.25, 0.3) is 0 Å². The van der Waals surface area contributed by atoms with Crippen LogP contribution in [-0.4, -0.2) is 57.1 Å². The molecule has 0 spiro atoms. The van der Waals surface area contributed by atoms with Crippen molar-refractivity contribution >= 4 is 25.5 Å². The lowest BCUT2D eigenvalue weighted by Gasteiger charge is -2.30. The SMILES string of the molecule is C[C@@H](OP(=O)(O)O)[C@H](NC(=O)CCCc1ccccc1)C(=O)N1CCC[C@H]1C(N)=O. The minimum Gasteiger partial charge on any atom is -0.368 e. The van der Waals surface area contributed by atoms with E-state index in [1.165, 1.54) is 11.8 Å². The van der Waals surface area contributed by atoms with E-state index in [0.29, 0.717) is 25.7 Å². The van der Waals surface area contributed by atoms with Gasteiger partial charge < -0.3 is 25.7 Å². The number of aryl methyl sites for hydroxylation is 1. The molecule has 1 fully saturated rings. The molecule has 1 aliphatic heterocycles. The maximum atomic E-state index is 13.0. The van der Waals surface area contributed by atoms with Crippen molar-refractivity contribution in [3.05, 3.63) is 35.9 Å². The van der Waals surface area contributed by atoms with Crippen molar-refractivity contribution in [3.8, 4) is 0 Å². The summed E-state index contributed by atoms with van der Waals surface area (Å²) < 4.78 is 15.9. The van der Waals surface area contributed by atoms with E-state index < -0.39 is 43.7 Å². The predicted octanol–water partition coefficient (Wildman–Crippen LogP) is 0.468. The van der Waals surface area contributed by atoms with E-state index in [9.17, 15) is 18.9 Å². The molecule has 1 heterocycles. The highest BCUT2D eigenvalue weighted by atomic mass is 31.2. The summed E-state index contributed by atoms with van der Waals surface area (Å²) in [5.41, 5.74) is 6.42. The van der Waals surface area contributed by atoms with Crippen LogP contribution in [0.25, 0.3) is 0 Å². The van der Waals surface area contributed by atoms with Crippen LogP contribution < -0.4 is 11.1 Å². The van der Waals surface area contributed by atoms with E-state index >= 15 is 0 Å². The first-order valence-corrected chi connectivity index (χ1v) is 11.3. The lowest BCUT2D eigenvalue weighted by atomic mass is 10.1. The number of hydrogen-bond donors (Lipinski definition) is 4. The molecule has 10 nitrogen and oxygen atoms in total. The number of carbonyl (C=O) groups is 3. The molecule has 3 amide bonds. The molecule has 11 heteroatoms. The number of hydrogen-bond acceptors (Lipinski definition) is 5. The average Bonchev–Trinajstić information content (AvgIpc) is 3.15. The van der Waals surface area contributed by atoms with E-state index in [0.717, 1.165) is 5.56 Å². The third-order valence-corrected chi connectivity index (χ3v) is 5.54. The Kier molecular flexibility index (Phi) is 8.54. The third-order valence-electron chi connectivity index (χ3n) is 4.93. The Balaban J connectivity index is 2.05. The van der Waals surface area contributed by atoms with E-state index in [2.05, 4.69) is 9.84 Å². The van der Waals surface area contributed by atoms with Crippen molar-refractivity contribution < 1.29 is 33.3 Å².